The zero-order chi connectivity index (χ0) is 13.8. The second-order valence-electron chi connectivity index (χ2n) is 4.05. The lowest BCUT2D eigenvalue weighted by atomic mass is 10.3. The van der Waals surface area contributed by atoms with E-state index in [0.717, 1.165) is 43.2 Å². The van der Waals surface area contributed by atoms with E-state index < -0.39 is 5.97 Å². The summed E-state index contributed by atoms with van der Waals surface area (Å²) in [5.41, 5.74) is 0.101. The molecule has 0 atom stereocenters. The number of nitrogens with zero attached hydrogens (tertiary/aromatic N) is 2. The summed E-state index contributed by atoms with van der Waals surface area (Å²) >= 11 is 2.39. The zero-order valence-corrected chi connectivity index (χ0v) is 12.1. The van der Waals surface area contributed by atoms with Crippen LogP contribution in [0.3, 0.4) is 0 Å². The highest BCUT2D eigenvalue weighted by Crippen LogP contribution is 2.32. The minimum Gasteiger partial charge on any atom is -0.477 e. The van der Waals surface area contributed by atoms with Crippen LogP contribution in [-0.2, 0) is 0 Å². The number of thioether (sulfide) groups is 1. The molecule has 0 aromatic carbocycles. The fourth-order valence-electron chi connectivity index (χ4n) is 1.88. The largest absolute Gasteiger partial charge is 0.477 e. The lowest BCUT2D eigenvalue weighted by molar-refractivity contribution is 0.0694. The molecule has 0 unspecified atom stereocenters. The molecular formula is C11H15N3O3S2. The maximum Gasteiger partial charge on any atom is 0.341 e. The molecule has 0 bridgehead atoms. The van der Waals surface area contributed by atoms with Crippen LogP contribution in [0.2, 0.25) is 0 Å². The van der Waals surface area contributed by atoms with Crippen molar-refractivity contribution in [3.63, 3.8) is 0 Å². The Morgan fingerprint density at radius 1 is 1.47 bits per heavy atom. The van der Waals surface area contributed by atoms with E-state index in [0.29, 0.717) is 10.0 Å². The second-order valence-corrected chi connectivity index (χ2v) is 6.08. The number of nitrogens with one attached hydrogen (secondary N) is 1. The molecule has 0 aliphatic carbocycles. The topological polar surface area (TPSA) is 82.5 Å². The first-order chi connectivity index (χ1) is 9.13. The van der Waals surface area contributed by atoms with Crippen molar-refractivity contribution in [1.29, 1.82) is 0 Å². The average Bonchev–Trinajstić information content (AvgIpc) is 2.98. The number of hydrogen-bond donors (Lipinski definition) is 2. The van der Waals surface area contributed by atoms with Crippen LogP contribution in [0.15, 0.2) is 5.03 Å². The highest BCUT2D eigenvalue weighted by Gasteiger charge is 2.24. The number of carboxylic acid groups (broad SMARTS) is 1. The number of aromatic nitrogens is 1. The van der Waals surface area contributed by atoms with Crippen molar-refractivity contribution >= 4 is 40.3 Å². The van der Waals surface area contributed by atoms with Gasteiger partial charge in [0.05, 0.1) is 0 Å². The molecule has 104 valence electrons. The van der Waals surface area contributed by atoms with E-state index >= 15 is 0 Å². The molecule has 0 saturated carbocycles. The third-order valence-corrected chi connectivity index (χ3v) is 4.51. The summed E-state index contributed by atoms with van der Waals surface area (Å²) in [7, 11) is 0. The maximum absolute atomic E-state index is 12.0. The predicted molar refractivity (Wildman–Crippen MR) is 75.3 cm³/mol. The van der Waals surface area contributed by atoms with Gasteiger partial charge < -0.3 is 10.0 Å². The first-order valence-corrected chi connectivity index (χ1v) is 7.81. The zero-order valence-electron chi connectivity index (χ0n) is 10.5. The summed E-state index contributed by atoms with van der Waals surface area (Å²) < 4.78 is 4.10. The standard InChI is InChI=1S/C11H15N3O3S2/c1-2-18-9-7(10(15)16)8(19-13-9)12-11(17)14-5-3-4-6-14/h2-6H2,1H3,(H,12,17)(H,15,16). The van der Waals surface area contributed by atoms with E-state index in [1.807, 2.05) is 6.92 Å². The predicted octanol–water partition coefficient (Wildman–Crippen LogP) is 2.58. The third kappa shape index (κ3) is 3.19. The molecule has 1 fully saturated rings. The van der Waals surface area contributed by atoms with Gasteiger partial charge in [0, 0.05) is 13.1 Å². The Morgan fingerprint density at radius 2 is 2.16 bits per heavy atom. The van der Waals surface area contributed by atoms with Gasteiger partial charge in [0.15, 0.2) is 0 Å². The van der Waals surface area contributed by atoms with Gasteiger partial charge in [0.25, 0.3) is 0 Å². The molecule has 2 amide bonds. The van der Waals surface area contributed by atoms with Gasteiger partial charge in [-0.05, 0) is 30.1 Å². The second kappa shape index (κ2) is 6.25. The molecule has 2 rings (SSSR count). The minimum absolute atomic E-state index is 0.101. The normalized spacial score (nSPS) is 14.7. The third-order valence-electron chi connectivity index (χ3n) is 2.77. The quantitative estimate of drug-likeness (QED) is 0.835. The number of urea groups is 1. The van der Waals surface area contributed by atoms with Crippen LogP contribution in [0.5, 0.6) is 0 Å². The molecule has 2 heterocycles. The molecule has 0 radical (unpaired) electrons. The van der Waals surface area contributed by atoms with Gasteiger partial charge in [-0.3, -0.25) is 5.32 Å². The summed E-state index contributed by atoms with van der Waals surface area (Å²) in [5.74, 6) is -0.315. The first kappa shape index (κ1) is 14.1. The Kier molecular flexibility index (Phi) is 4.65. The van der Waals surface area contributed by atoms with Crippen molar-refractivity contribution in [1.82, 2.24) is 9.27 Å². The summed E-state index contributed by atoms with van der Waals surface area (Å²) in [6, 6.07) is -0.239. The van der Waals surface area contributed by atoms with Gasteiger partial charge in [-0.1, -0.05) is 6.92 Å². The lowest BCUT2D eigenvalue weighted by Crippen LogP contribution is -2.32. The fraction of sp³-hybridized carbons (Fsp3) is 0.545. The van der Waals surface area contributed by atoms with E-state index in [2.05, 4.69) is 9.69 Å². The van der Waals surface area contributed by atoms with Gasteiger partial charge in [-0.2, -0.15) is 4.37 Å². The van der Waals surface area contributed by atoms with E-state index in [-0.39, 0.29) is 11.6 Å². The van der Waals surface area contributed by atoms with Crippen molar-refractivity contribution in [2.24, 2.45) is 0 Å². The van der Waals surface area contributed by atoms with Crippen LogP contribution >= 0.6 is 23.3 Å². The van der Waals surface area contributed by atoms with E-state index in [1.54, 1.807) is 4.90 Å². The van der Waals surface area contributed by atoms with Gasteiger partial charge in [0.2, 0.25) is 0 Å². The van der Waals surface area contributed by atoms with Crippen LogP contribution in [0.25, 0.3) is 0 Å². The number of rotatable bonds is 4. The molecule has 6 nitrogen and oxygen atoms in total. The number of carbonyl (C=O) groups is 2. The fourth-order valence-corrected chi connectivity index (χ4v) is 3.55. The van der Waals surface area contributed by atoms with E-state index in [1.165, 1.54) is 11.8 Å². The lowest BCUT2D eigenvalue weighted by Gasteiger charge is -2.15. The van der Waals surface area contributed by atoms with Gasteiger partial charge in [-0.25, -0.2) is 9.59 Å². The van der Waals surface area contributed by atoms with Crippen LogP contribution < -0.4 is 5.32 Å². The van der Waals surface area contributed by atoms with Gasteiger partial charge in [-0.15, -0.1) is 11.8 Å². The van der Waals surface area contributed by atoms with Crippen molar-refractivity contribution in [2.75, 3.05) is 24.2 Å². The minimum atomic E-state index is -1.05. The summed E-state index contributed by atoms with van der Waals surface area (Å²) in [6.45, 7) is 3.38. The molecule has 1 aromatic rings. The number of carbonyl (C=O) groups excluding carboxylic acids is 1. The molecule has 1 aliphatic rings. The monoisotopic (exact) mass is 301 g/mol. The number of carboxylic acids is 1. The van der Waals surface area contributed by atoms with Crippen LogP contribution in [0, 0.1) is 0 Å². The van der Waals surface area contributed by atoms with Crippen LogP contribution in [0.1, 0.15) is 30.1 Å². The molecular weight excluding hydrogens is 286 g/mol. The van der Waals surface area contributed by atoms with E-state index in [9.17, 15) is 14.7 Å². The SMILES string of the molecule is CCSc1nsc(NC(=O)N2CCCC2)c1C(=O)O. The van der Waals surface area contributed by atoms with Crippen molar-refractivity contribution in [3.05, 3.63) is 5.56 Å². The highest BCUT2D eigenvalue weighted by molar-refractivity contribution is 7.99. The van der Waals surface area contributed by atoms with E-state index in [4.69, 9.17) is 0 Å². The van der Waals surface area contributed by atoms with Crippen LogP contribution in [-0.4, -0.2) is 45.2 Å². The number of hydrogen-bond acceptors (Lipinski definition) is 5. The Labute approximate surface area is 119 Å². The van der Waals surface area contributed by atoms with Crippen molar-refractivity contribution in [2.45, 2.75) is 24.8 Å². The Bertz CT molecular complexity index is 484. The maximum atomic E-state index is 12.0. The Hall–Kier alpha value is -1.28. The van der Waals surface area contributed by atoms with Gasteiger partial charge >= 0.3 is 12.0 Å². The smallest absolute Gasteiger partial charge is 0.341 e. The molecule has 0 spiro atoms. The Morgan fingerprint density at radius 3 is 2.74 bits per heavy atom. The Balaban J connectivity index is 2.15. The molecule has 8 heteroatoms. The molecule has 1 aliphatic heterocycles. The van der Waals surface area contributed by atoms with Crippen molar-refractivity contribution in [3.8, 4) is 0 Å². The number of likely N-dealkylation sites (tertiary alicyclic amines) is 1. The number of anilines is 1. The van der Waals surface area contributed by atoms with Crippen LogP contribution in [0.4, 0.5) is 9.80 Å². The van der Waals surface area contributed by atoms with Crippen molar-refractivity contribution < 1.29 is 14.7 Å². The summed E-state index contributed by atoms with van der Waals surface area (Å²) in [6.07, 6.45) is 2.00. The molecule has 1 saturated heterocycles. The highest BCUT2D eigenvalue weighted by atomic mass is 32.2. The first-order valence-electron chi connectivity index (χ1n) is 6.05. The molecule has 19 heavy (non-hydrogen) atoms. The summed E-state index contributed by atoms with van der Waals surface area (Å²) in [5, 5.41) is 12.7. The number of aromatic carboxylic acids is 1. The van der Waals surface area contributed by atoms with Gasteiger partial charge in [0.1, 0.15) is 15.6 Å². The average molecular weight is 301 g/mol. The molecule has 1 aromatic heterocycles. The number of amides is 2. The molecule has 2 N–H and O–H groups in total. The summed E-state index contributed by atoms with van der Waals surface area (Å²) in [4.78, 5) is 24.9.